The van der Waals surface area contributed by atoms with Crippen LogP contribution in [-0.4, -0.2) is 45.9 Å². The average Bonchev–Trinajstić information content (AvgIpc) is 2.48. The van der Waals surface area contributed by atoms with E-state index in [1.807, 2.05) is 0 Å². The van der Waals surface area contributed by atoms with Crippen molar-refractivity contribution in [2.75, 3.05) is 17.8 Å². The van der Waals surface area contributed by atoms with Gasteiger partial charge in [-0.25, -0.2) is 16.8 Å². The van der Waals surface area contributed by atoms with Crippen LogP contribution in [0.5, 0.6) is 0 Å². The molecule has 1 aliphatic rings. The Labute approximate surface area is 90.9 Å². The summed E-state index contributed by atoms with van der Waals surface area (Å²) in [6.45, 7) is 0. The van der Waals surface area contributed by atoms with Gasteiger partial charge in [-0.1, -0.05) is 0 Å². The first-order chi connectivity index (χ1) is 6.71. The standard InChI is InChI=1S/C8H17NO4S2/c1-14(10,11)4-5-15(12,13)8-3-2-7(9)6-8/h7-8H,2-6,9H2,1H3. The maximum atomic E-state index is 11.7. The van der Waals surface area contributed by atoms with E-state index in [1.165, 1.54) is 0 Å². The Morgan fingerprint density at radius 2 is 1.73 bits per heavy atom. The smallest absolute Gasteiger partial charge is 0.154 e. The summed E-state index contributed by atoms with van der Waals surface area (Å²) in [6.07, 6.45) is 2.78. The van der Waals surface area contributed by atoms with Gasteiger partial charge in [0.25, 0.3) is 0 Å². The van der Waals surface area contributed by atoms with Gasteiger partial charge in [-0.05, 0) is 19.3 Å². The Kier molecular flexibility index (Phi) is 3.78. The highest BCUT2D eigenvalue weighted by atomic mass is 32.2. The van der Waals surface area contributed by atoms with Crippen molar-refractivity contribution < 1.29 is 16.8 Å². The van der Waals surface area contributed by atoms with Crippen LogP contribution in [0, 0.1) is 0 Å². The van der Waals surface area contributed by atoms with Crippen molar-refractivity contribution in [3.05, 3.63) is 0 Å². The fraction of sp³-hybridized carbons (Fsp3) is 1.00. The van der Waals surface area contributed by atoms with Gasteiger partial charge in [0.2, 0.25) is 0 Å². The molecule has 2 unspecified atom stereocenters. The van der Waals surface area contributed by atoms with Crippen molar-refractivity contribution in [3.8, 4) is 0 Å². The summed E-state index contributed by atoms with van der Waals surface area (Å²) in [7, 11) is -6.50. The van der Waals surface area contributed by atoms with E-state index in [9.17, 15) is 16.8 Å². The van der Waals surface area contributed by atoms with Gasteiger partial charge in [-0.2, -0.15) is 0 Å². The van der Waals surface area contributed by atoms with Crippen LogP contribution < -0.4 is 5.73 Å². The number of nitrogens with two attached hydrogens (primary N) is 1. The van der Waals surface area contributed by atoms with Crippen LogP contribution in [0.2, 0.25) is 0 Å². The lowest BCUT2D eigenvalue weighted by molar-refractivity contribution is 0.576. The van der Waals surface area contributed by atoms with E-state index >= 15 is 0 Å². The molecule has 0 saturated heterocycles. The first-order valence-electron chi connectivity index (χ1n) is 4.85. The maximum Gasteiger partial charge on any atom is 0.154 e. The molecule has 0 bridgehead atoms. The predicted octanol–water partition coefficient (Wildman–Crippen LogP) is -0.674. The van der Waals surface area contributed by atoms with Crippen molar-refractivity contribution in [1.29, 1.82) is 0 Å². The highest BCUT2D eigenvalue weighted by Gasteiger charge is 2.32. The van der Waals surface area contributed by atoms with Crippen LogP contribution in [0.25, 0.3) is 0 Å². The molecule has 2 N–H and O–H groups in total. The Balaban J connectivity index is 2.60. The zero-order chi connectivity index (χ0) is 11.7. The topological polar surface area (TPSA) is 94.3 Å². The average molecular weight is 255 g/mol. The second-order valence-electron chi connectivity index (χ2n) is 4.19. The van der Waals surface area contributed by atoms with Gasteiger partial charge in [0.05, 0.1) is 16.8 Å². The zero-order valence-electron chi connectivity index (χ0n) is 8.72. The Morgan fingerprint density at radius 3 is 2.13 bits per heavy atom. The lowest BCUT2D eigenvalue weighted by atomic mass is 10.3. The minimum Gasteiger partial charge on any atom is -0.328 e. The molecule has 7 heteroatoms. The molecule has 5 nitrogen and oxygen atoms in total. The van der Waals surface area contributed by atoms with Crippen molar-refractivity contribution in [1.82, 2.24) is 0 Å². The van der Waals surface area contributed by atoms with E-state index in [1.54, 1.807) is 0 Å². The molecule has 2 atom stereocenters. The molecule has 0 aromatic heterocycles. The maximum absolute atomic E-state index is 11.7. The number of hydrogen-bond acceptors (Lipinski definition) is 5. The third-order valence-corrected chi connectivity index (χ3v) is 6.09. The zero-order valence-corrected chi connectivity index (χ0v) is 10.4. The SMILES string of the molecule is CS(=O)(=O)CCS(=O)(=O)C1CCC(N)C1. The van der Waals surface area contributed by atoms with E-state index in [4.69, 9.17) is 5.73 Å². The van der Waals surface area contributed by atoms with Gasteiger partial charge < -0.3 is 5.73 Å². The van der Waals surface area contributed by atoms with Gasteiger partial charge in [0.1, 0.15) is 9.84 Å². The number of sulfone groups is 2. The molecule has 0 heterocycles. The molecule has 1 fully saturated rings. The Bertz CT molecular complexity index is 412. The fourth-order valence-electron chi connectivity index (χ4n) is 1.73. The van der Waals surface area contributed by atoms with Gasteiger partial charge in [-0.15, -0.1) is 0 Å². The third kappa shape index (κ3) is 4.08. The van der Waals surface area contributed by atoms with Crippen LogP contribution in [-0.2, 0) is 19.7 Å². The van der Waals surface area contributed by atoms with Gasteiger partial charge in [-0.3, -0.25) is 0 Å². The fourth-order valence-corrected chi connectivity index (χ4v) is 5.24. The molecule has 1 aliphatic carbocycles. The lowest BCUT2D eigenvalue weighted by Crippen LogP contribution is -2.27. The van der Waals surface area contributed by atoms with Crippen molar-refractivity contribution in [2.24, 2.45) is 5.73 Å². The first kappa shape index (κ1) is 12.9. The van der Waals surface area contributed by atoms with Crippen LogP contribution in [0.1, 0.15) is 19.3 Å². The van der Waals surface area contributed by atoms with Gasteiger partial charge >= 0.3 is 0 Å². The molecular weight excluding hydrogens is 238 g/mol. The molecule has 90 valence electrons. The van der Waals surface area contributed by atoms with E-state index in [-0.39, 0.29) is 17.5 Å². The third-order valence-electron chi connectivity index (χ3n) is 2.67. The molecule has 0 radical (unpaired) electrons. The molecule has 0 spiro atoms. The lowest BCUT2D eigenvalue weighted by Gasteiger charge is -2.10. The molecule has 1 rings (SSSR count). The van der Waals surface area contributed by atoms with E-state index in [0.29, 0.717) is 19.3 Å². The van der Waals surface area contributed by atoms with Crippen LogP contribution in [0.15, 0.2) is 0 Å². The second-order valence-corrected chi connectivity index (χ2v) is 8.85. The summed E-state index contributed by atoms with van der Waals surface area (Å²) in [5.41, 5.74) is 5.62. The van der Waals surface area contributed by atoms with E-state index in [2.05, 4.69) is 0 Å². The predicted molar refractivity (Wildman–Crippen MR) is 59.1 cm³/mol. The van der Waals surface area contributed by atoms with Crippen LogP contribution >= 0.6 is 0 Å². The summed E-state index contributed by atoms with van der Waals surface area (Å²) in [4.78, 5) is 0. The second kappa shape index (κ2) is 4.39. The van der Waals surface area contributed by atoms with Crippen molar-refractivity contribution in [2.45, 2.75) is 30.6 Å². The molecule has 0 amide bonds. The molecule has 0 aromatic rings. The largest absolute Gasteiger partial charge is 0.328 e. The summed E-state index contributed by atoms with van der Waals surface area (Å²) >= 11 is 0. The molecule has 0 aliphatic heterocycles. The summed E-state index contributed by atoms with van der Waals surface area (Å²) in [5, 5.41) is -0.436. The Hall–Kier alpha value is -0.140. The summed E-state index contributed by atoms with van der Waals surface area (Å²) in [5.74, 6) is -0.565. The van der Waals surface area contributed by atoms with Gasteiger partial charge in [0, 0.05) is 12.3 Å². The number of hydrogen-bond donors (Lipinski definition) is 1. The monoisotopic (exact) mass is 255 g/mol. The first-order valence-corrected chi connectivity index (χ1v) is 8.63. The minimum atomic E-state index is -3.29. The summed E-state index contributed by atoms with van der Waals surface area (Å²) in [6, 6.07) is -0.0528. The van der Waals surface area contributed by atoms with Gasteiger partial charge in [0.15, 0.2) is 9.84 Å². The number of rotatable bonds is 4. The van der Waals surface area contributed by atoms with E-state index < -0.39 is 24.9 Å². The Morgan fingerprint density at radius 1 is 1.13 bits per heavy atom. The van der Waals surface area contributed by atoms with Crippen LogP contribution in [0.3, 0.4) is 0 Å². The molecule has 0 aromatic carbocycles. The highest BCUT2D eigenvalue weighted by molar-refractivity contribution is 7.95. The normalized spacial score (nSPS) is 28.1. The quantitative estimate of drug-likeness (QED) is 0.718. The minimum absolute atomic E-state index is 0.0528. The van der Waals surface area contributed by atoms with Crippen molar-refractivity contribution in [3.63, 3.8) is 0 Å². The summed E-state index contributed by atoms with van der Waals surface area (Å²) < 4.78 is 45.1. The highest BCUT2D eigenvalue weighted by Crippen LogP contribution is 2.24. The molecular formula is C8H17NO4S2. The molecule has 1 saturated carbocycles. The van der Waals surface area contributed by atoms with Crippen molar-refractivity contribution >= 4 is 19.7 Å². The molecule has 15 heavy (non-hydrogen) atoms. The van der Waals surface area contributed by atoms with E-state index in [0.717, 1.165) is 6.26 Å². The van der Waals surface area contributed by atoms with Crippen LogP contribution in [0.4, 0.5) is 0 Å².